The summed E-state index contributed by atoms with van der Waals surface area (Å²) in [5.74, 6) is 0. The highest BCUT2D eigenvalue weighted by Crippen LogP contribution is 1.92. The predicted molar refractivity (Wildman–Crippen MR) is 54.4 cm³/mol. The van der Waals surface area contributed by atoms with Crippen molar-refractivity contribution in [3.8, 4) is 0 Å². The number of carboxylic acid groups (broad SMARTS) is 1. The molecule has 0 aliphatic heterocycles. The zero-order valence-corrected chi connectivity index (χ0v) is 8.27. The van der Waals surface area contributed by atoms with Crippen molar-refractivity contribution < 1.29 is 9.90 Å². The molecule has 0 amide bonds. The van der Waals surface area contributed by atoms with Gasteiger partial charge in [0.1, 0.15) is 0 Å². The van der Waals surface area contributed by atoms with Crippen molar-refractivity contribution in [2.24, 2.45) is 0 Å². The number of hydrogen-bond acceptors (Lipinski definition) is 1. The fraction of sp³-hybridized carbons (Fsp3) is 0.125. The largest absolute Gasteiger partial charge is 0.483 e. The minimum atomic E-state index is -0.250. The van der Waals surface area contributed by atoms with Crippen LogP contribution < -0.4 is 0 Å². The van der Waals surface area contributed by atoms with E-state index >= 15 is 0 Å². The molecule has 1 aromatic rings. The number of halogens is 2. The first kappa shape index (κ1) is 17.4. The molecule has 0 saturated carbocycles. The summed E-state index contributed by atoms with van der Waals surface area (Å²) in [6.45, 7) is 1.83. The first-order valence-electron chi connectivity index (χ1n) is 2.90. The third-order valence-electron chi connectivity index (χ3n) is 0.940. The average molecular weight is 211 g/mol. The van der Waals surface area contributed by atoms with Crippen LogP contribution >= 0.6 is 24.8 Å². The monoisotopic (exact) mass is 210 g/mol. The molecule has 0 unspecified atom stereocenters. The lowest BCUT2D eigenvalue weighted by molar-refractivity contribution is -0.122. The van der Waals surface area contributed by atoms with Gasteiger partial charge >= 0.3 is 0 Å². The van der Waals surface area contributed by atoms with Crippen LogP contribution in [0.3, 0.4) is 0 Å². The lowest BCUT2D eigenvalue weighted by atomic mass is 10.2. The van der Waals surface area contributed by atoms with Gasteiger partial charge in [-0.15, -0.1) is 24.8 Å². The maximum atomic E-state index is 8.36. The van der Waals surface area contributed by atoms with E-state index in [0.29, 0.717) is 0 Å². The Hall–Kier alpha value is -0.730. The van der Waals surface area contributed by atoms with Gasteiger partial charge in [0.25, 0.3) is 6.47 Å². The molecular formula is C8H12Cl2O2. The predicted octanol–water partition coefficient (Wildman–Crippen LogP) is 2.54. The van der Waals surface area contributed by atoms with Gasteiger partial charge < -0.3 is 5.11 Å². The number of rotatable bonds is 0. The van der Waals surface area contributed by atoms with Crippen molar-refractivity contribution in [1.82, 2.24) is 0 Å². The molecule has 4 heteroatoms. The SMILES string of the molecule is Cc1ccccc1.Cl.Cl.O=CO. The van der Waals surface area contributed by atoms with E-state index < -0.39 is 0 Å². The normalized spacial score (nSPS) is 6.08. The maximum absolute atomic E-state index is 8.36. The summed E-state index contributed by atoms with van der Waals surface area (Å²) in [5, 5.41) is 6.89. The fourth-order valence-corrected chi connectivity index (χ4v) is 0.534. The molecular weight excluding hydrogens is 199 g/mol. The van der Waals surface area contributed by atoms with Gasteiger partial charge in [0, 0.05) is 0 Å². The Balaban J connectivity index is -0.000000146. The second-order valence-corrected chi connectivity index (χ2v) is 1.76. The lowest BCUT2D eigenvalue weighted by Gasteiger charge is -1.82. The molecule has 0 aromatic heterocycles. The van der Waals surface area contributed by atoms with E-state index in [1.54, 1.807) is 0 Å². The summed E-state index contributed by atoms with van der Waals surface area (Å²) in [5.41, 5.74) is 1.32. The van der Waals surface area contributed by atoms with Crippen LogP contribution in [0.2, 0.25) is 0 Å². The Labute approximate surface area is 84.4 Å². The fourth-order valence-electron chi connectivity index (χ4n) is 0.534. The molecule has 0 aliphatic rings. The molecule has 70 valence electrons. The number of hydrogen-bond donors (Lipinski definition) is 1. The van der Waals surface area contributed by atoms with E-state index in [2.05, 4.69) is 19.1 Å². The molecule has 0 bridgehead atoms. The van der Waals surface area contributed by atoms with Crippen molar-refractivity contribution in [2.45, 2.75) is 6.92 Å². The number of benzene rings is 1. The molecule has 0 fully saturated rings. The smallest absolute Gasteiger partial charge is 0.290 e. The van der Waals surface area contributed by atoms with E-state index in [9.17, 15) is 0 Å². The Morgan fingerprint density at radius 1 is 1.17 bits per heavy atom. The van der Waals surface area contributed by atoms with Crippen molar-refractivity contribution in [1.29, 1.82) is 0 Å². The van der Waals surface area contributed by atoms with Crippen molar-refractivity contribution in [3.05, 3.63) is 35.9 Å². The van der Waals surface area contributed by atoms with Crippen LogP contribution in [0, 0.1) is 6.92 Å². The highest BCUT2D eigenvalue weighted by Gasteiger charge is 1.72. The maximum Gasteiger partial charge on any atom is 0.290 e. The molecule has 0 atom stereocenters. The van der Waals surface area contributed by atoms with E-state index in [4.69, 9.17) is 9.90 Å². The topological polar surface area (TPSA) is 37.3 Å². The van der Waals surface area contributed by atoms with Crippen molar-refractivity contribution in [3.63, 3.8) is 0 Å². The lowest BCUT2D eigenvalue weighted by Crippen LogP contribution is -1.62. The van der Waals surface area contributed by atoms with Crippen molar-refractivity contribution in [2.75, 3.05) is 0 Å². The van der Waals surface area contributed by atoms with Crippen LogP contribution in [0.15, 0.2) is 30.3 Å². The van der Waals surface area contributed by atoms with E-state index in [-0.39, 0.29) is 31.3 Å². The third-order valence-corrected chi connectivity index (χ3v) is 0.940. The van der Waals surface area contributed by atoms with Gasteiger partial charge in [0.05, 0.1) is 0 Å². The Morgan fingerprint density at radius 2 is 1.50 bits per heavy atom. The Kier molecular flexibility index (Phi) is 18.7. The van der Waals surface area contributed by atoms with Crippen LogP contribution in [0.5, 0.6) is 0 Å². The van der Waals surface area contributed by atoms with Crippen LogP contribution in [0.1, 0.15) is 5.56 Å². The highest BCUT2D eigenvalue weighted by molar-refractivity contribution is 5.85. The van der Waals surface area contributed by atoms with Crippen LogP contribution in [-0.2, 0) is 4.79 Å². The third kappa shape index (κ3) is 12.0. The minimum absolute atomic E-state index is 0. The summed E-state index contributed by atoms with van der Waals surface area (Å²) >= 11 is 0. The number of carbonyl (C=O) groups is 1. The quantitative estimate of drug-likeness (QED) is 0.669. The second-order valence-electron chi connectivity index (χ2n) is 1.76. The van der Waals surface area contributed by atoms with Gasteiger partial charge in [-0.2, -0.15) is 0 Å². The van der Waals surface area contributed by atoms with Gasteiger partial charge in [-0.3, -0.25) is 4.79 Å². The van der Waals surface area contributed by atoms with Gasteiger partial charge in [0.2, 0.25) is 0 Å². The van der Waals surface area contributed by atoms with Crippen LogP contribution in [0.4, 0.5) is 0 Å². The van der Waals surface area contributed by atoms with E-state index in [0.717, 1.165) is 0 Å². The summed E-state index contributed by atoms with van der Waals surface area (Å²) in [6, 6.07) is 10.3. The van der Waals surface area contributed by atoms with Gasteiger partial charge in [-0.1, -0.05) is 35.9 Å². The highest BCUT2D eigenvalue weighted by atomic mass is 35.5. The molecule has 1 aromatic carbocycles. The zero-order chi connectivity index (χ0) is 7.82. The molecule has 12 heavy (non-hydrogen) atoms. The van der Waals surface area contributed by atoms with Gasteiger partial charge in [0.15, 0.2) is 0 Å². The average Bonchev–Trinajstić information content (AvgIpc) is 1.91. The second kappa shape index (κ2) is 12.9. The Bertz CT molecular complexity index is 178. The summed E-state index contributed by atoms with van der Waals surface area (Å²) in [7, 11) is 0. The standard InChI is InChI=1S/C7H8.CH2O2.2ClH/c1-7-5-3-2-4-6-7;2-1-3;;/h2-6H,1H3;1H,(H,2,3);2*1H. The Morgan fingerprint density at radius 3 is 1.67 bits per heavy atom. The molecule has 0 saturated heterocycles. The minimum Gasteiger partial charge on any atom is -0.483 e. The van der Waals surface area contributed by atoms with Crippen molar-refractivity contribution >= 4 is 31.3 Å². The molecule has 0 aliphatic carbocycles. The molecule has 1 N–H and O–H groups in total. The zero-order valence-electron chi connectivity index (χ0n) is 6.64. The van der Waals surface area contributed by atoms with E-state index in [1.807, 2.05) is 18.2 Å². The van der Waals surface area contributed by atoms with Crippen LogP contribution in [-0.4, -0.2) is 11.6 Å². The van der Waals surface area contributed by atoms with Gasteiger partial charge in [-0.05, 0) is 6.92 Å². The molecule has 0 heterocycles. The van der Waals surface area contributed by atoms with Crippen LogP contribution in [0.25, 0.3) is 0 Å². The molecule has 0 radical (unpaired) electrons. The first-order chi connectivity index (χ1) is 4.81. The summed E-state index contributed by atoms with van der Waals surface area (Å²) in [4.78, 5) is 8.36. The first-order valence-corrected chi connectivity index (χ1v) is 2.90. The number of aryl methyl sites for hydroxylation is 1. The molecule has 1 rings (SSSR count). The van der Waals surface area contributed by atoms with E-state index in [1.165, 1.54) is 5.56 Å². The van der Waals surface area contributed by atoms with Gasteiger partial charge in [-0.25, -0.2) is 0 Å². The molecule has 0 spiro atoms. The summed E-state index contributed by atoms with van der Waals surface area (Å²) < 4.78 is 0. The molecule has 2 nitrogen and oxygen atoms in total. The summed E-state index contributed by atoms with van der Waals surface area (Å²) in [6.07, 6.45) is 0.